The second kappa shape index (κ2) is 7.61. The van der Waals surface area contributed by atoms with Gasteiger partial charge >= 0.3 is 0 Å². The highest BCUT2D eigenvalue weighted by Gasteiger charge is 2.31. The van der Waals surface area contributed by atoms with Crippen LogP contribution in [0, 0.1) is 5.41 Å². The minimum Gasteiger partial charge on any atom is -0.383 e. The van der Waals surface area contributed by atoms with Gasteiger partial charge in [-0.2, -0.15) is 0 Å². The lowest BCUT2D eigenvalue weighted by molar-refractivity contribution is 0.0487. The second-order valence-electron chi connectivity index (χ2n) is 7.23. The Hall–Kier alpha value is -0.120. The fourth-order valence-corrected chi connectivity index (χ4v) is 2.97. The Kier molecular flexibility index (Phi) is 6.78. The SMILES string of the molecule is COCC(CNC(C)C)N(C)C1CCC(C)(C)CC1. The molecule has 1 unspecified atom stereocenters. The first-order valence-corrected chi connectivity index (χ1v) is 7.80. The van der Waals surface area contributed by atoms with E-state index >= 15 is 0 Å². The Balaban J connectivity index is 2.49. The first-order chi connectivity index (χ1) is 8.85. The van der Waals surface area contributed by atoms with Gasteiger partial charge in [0.2, 0.25) is 0 Å². The van der Waals surface area contributed by atoms with Crippen LogP contribution in [-0.4, -0.2) is 50.3 Å². The summed E-state index contributed by atoms with van der Waals surface area (Å²) in [5.41, 5.74) is 0.546. The van der Waals surface area contributed by atoms with E-state index in [2.05, 4.69) is 45.0 Å². The average molecular weight is 270 g/mol. The summed E-state index contributed by atoms with van der Waals surface area (Å²) in [4.78, 5) is 2.55. The van der Waals surface area contributed by atoms with Gasteiger partial charge < -0.3 is 10.1 Å². The summed E-state index contributed by atoms with van der Waals surface area (Å²) in [6, 6.07) is 1.75. The van der Waals surface area contributed by atoms with Crippen LogP contribution in [0.15, 0.2) is 0 Å². The molecule has 1 atom stereocenters. The van der Waals surface area contributed by atoms with Crippen molar-refractivity contribution < 1.29 is 4.74 Å². The van der Waals surface area contributed by atoms with Crippen molar-refractivity contribution in [2.24, 2.45) is 5.41 Å². The molecule has 1 N–H and O–H groups in total. The smallest absolute Gasteiger partial charge is 0.0630 e. The molecule has 1 fully saturated rings. The molecule has 0 amide bonds. The number of likely N-dealkylation sites (N-methyl/N-ethyl adjacent to an activating group) is 1. The molecule has 1 rings (SSSR count). The third-order valence-corrected chi connectivity index (χ3v) is 4.58. The van der Waals surface area contributed by atoms with Crippen LogP contribution < -0.4 is 5.32 Å². The van der Waals surface area contributed by atoms with Crippen molar-refractivity contribution in [2.75, 3.05) is 27.3 Å². The van der Waals surface area contributed by atoms with Gasteiger partial charge in [0.05, 0.1) is 6.61 Å². The van der Waals surface area contributed by atoms with Gasteiger partial charge in [-0.3, -0.25) is 4.90 Å². The molecular weight excluding hydrogens is 236 g/mol. The van der Waals surface area contributed by atoms with Crippen molar-refractivity contribution in [3.63, 3.8) is 0 Å². The molecule has 0 aromatic heterocycles. The van der Waals surface area contributed by atoms with Crippen LogP contribution in [0.4, 0.5) is 0 Å². The monoisotopic (exact) mass is 270 g/mol. The first kappa shape index (κ1) is 16.9. The third-order valence-electron chi connectivity index (χ3n) is 4.58. The van der Waals surface area contributed by atoms with Gasteiger partial charge in [0.25, 0.3) is 0 Å². The Morgan fingerprint density at radius 3 is 2.32 bits per heavy atom. The summed E-state index contributed by atoms with van der Waals surface area (Å²) in [5.74, 6) is 0. The Bertz CT molecular complexity index is 243. The standard InChI is InChI=1S/C16H34N2O/c1-13(2)17-11-15(12-19-6)18(5)14-7-9-16(3,4)10-8-14/h13-15,17H,7-12H2,1-6H3. The number of rotatable bonds is 7. The van der Waals surface area contributed by atoms with E-state index in [9.17, 15) is 0 Å². The van der Waals surface area contributed by atoms with Gasteiger partial charge in [-0.1, -0.05) is 27.7 Å². The summed E-state index contributed by atoms with van der Waals surface area (Å²) in [7, 11) is 4.08. The van der Waals surface area contributed by atoms with Crippen molar-refractivity contribution in [3.8, 4) is 0 Å². The molecular formula is C16H34N2O. The number of nitrogens with zero attached hydrogens (tertiary/aromatic N) is 1. The topological polar surface area (TPSA) is 24.5 Å². The molecule has 19 heavy (non-hydrogen) atoms. The molecule has 114 valence electrons. The summed E-state index contributed by atoms with van der Waals surface area (Å²) in [6.07, 6.45) is 5.34. The summed E-state index contributed by atoms with van der Waals surface area (Å²) in [6.45, 7) is 11.0. The second-order valence-corrected chi connectivity index (χ2v) is 7.23. The zero-order valence-corrected chi connectivity index (χ0v) is 13.8. The number of hydrogen-bond acceptors (Lipinski definition) is 3. The van der Waals surface area contributed by atoms with E-state index in [1.54, 1.807) is 7.11 Å². The highest BCUT2D eigenvalue weighted by Crippen LogP contribution is 2.36. The summed E-state index contributed by atoms with van der Waals surface area (Å²) in [5, 5.41) is 3.54. The molecule has 1 aliphatic carbocycles. The molecule has 3 heteroatoms. The summed E-state index contributed by atoms with van der Waals surface area (Å²) >= 11 is 0. The maximum Gasteiger partial charge on any atom is 0.0630 e. The van der Waals surface area contributed by atoms with E-state index in [1.807, 2.05) is 0 Å². The lowest BCUT2D eigenvalue weighted by Gasteiger charge is -2.41. The lowest BCUT2D eigenvalue weighted by atomic mass is 9.75. The largest absolute Gasteiger partial charge is 0.383 e. The predicted octanol–water partition coefficient (Wildman–Crippen LogP) is 2.90. The molecule has 0 aromatic carbocycles. The number of methoxy groups -OCH3 is 1. The molecule has 0 aromatic rings. The Morgan fingerprint density at radius 1 is 1.26 bits per heavy atom. The molecule has 0 radical (unpaired) electrons. The van der Waals surface area contributed by atoms with Crippen LogP contribution in [-0.2, 0) is 4.74 Å². The lowest BCUT2D eigenvalue weighted by Crippen LogP contribution is -2.50. The quantitative estimate of drug-likeness (QED) is 0.770. The van der Waals surface area contributed by atoms with Crippen molar-refractivity contribution >= 4 is 0 Å². The fraction of sp³-hybridized carbons (Fsp3) is 1.00. The van der Waals surface area contributed by atoms with Crippen LogP contribution >= 0.6 is 0 Å². The fourth-order valence-electron chi connectivity index (χ4n) is 2.97. The van der Waals surface area contributed by atoms with E-state index in [0.29, 0.717) is 17.5 Å². The van der Waals surface area contributed by atoms with Crippen molar-refractivity contribution in [3.05, 3.63) is 0 Å². The molecule has 1 aliphatic rings. The van der Waals surface area contributed by atoms with Crippen LogP contribution in [0.25, 0.3) is 0 Å². The first-order valence-electron chi connectivity index (χ1n) is 7.80. The molecule has 0 heterocycles. The van der Waals surface area contributed by atoms with Crippen LogP contribution in [0.3, 0.4) is 0 Å². The minimum absolute atomic E-state index is 0.485. The highest BCUT2D eigenvalue weighted by molar-refractivity contribution is 4.86. The van der Waals surface area contributed by atoms with Gasteiger partial charge in [-0.05, 0) is 38.1 Å². The van der Waals surface area contributed by atoms with E-state index < -0.39 is 0 Å². The van der Waals surface area contributed by atoms with E-state index in [0.717, 1.165) is 19.2 Å². The normalized spacial score (nSPS) is 22.1. The molecule has 0 spiro atoms. The van der Waals surface area contributed by atoms with Gasteiger partial charge in [0, 0.05) is 31.8 Å². The minimum atomic E-state index is 0.485. The number of hydrogen-bond donors (Lipinski definition) is 1. The van der Waals surface area contributed by atoms with Crippen molar-refractivity contribution in [1.29, 1.82) is 0 Å². The zero-order chi connectivity index (χ0) is 14.5. The van der Waals surface area contributed by atoms with E-state index in [-0.39, 0.29) is 0 Å². The predicted molar refractivity (Wildman–Crippen MR) is 82.6 cm³/mol. The zero-order valence-electron chi connectivity index (χ0n) is 13.8. The maximum atomic E-state index is 5.41. The molecule has 0 saturated heterocycles. The number of ether oxygens (including phenoxy) is 1. The summed E-state index contributed by atoms with van der Waals surface area (Å²) < 4.78 is 5.41. The Labute approximate surface area is 120 Å². The maximum absolute atomic E-state index is 5.41. The molecule has 3 nitrogen and oxygen atoms in total. The number of nitrogens with one attached hydrogen (secondary N) is 1. The van der Waals surface area contributed by atoms with Crippen molar-refractivity contribution in [1.82, 2.24) is 10.2 Å². The molecule has 1 saturated carbocycles. The van der Waals surface area contributed by atoms with Gasteiger partial charge in [0.1, 0.15) is 0 Å². The van der Waals surface area contributed by atoms with E-state index in [1.165, 1.54) is 25.7 Å². The van der Waals surface area contributed by atoms with Gasteiger partial charge in [-0.15, -0.1) is 0 Å². The van der Waals surface area contributed by atoms with E-state index in [4.69, 9.17) is 4.74 Å². The van der Waals surface area contributed by atoms with Crippen LogP contribution in [0.5, 0.6) is 0 Å². The average Bonchev–Trinajstić information content (AvgIpc) is 2.33. The van der Waals surface area contributed by atoms with Gasteiger partial charge in [0.15, 0.2) is 0 Å². The van der Waals surface area contributed by atoms with Crippen molar-refractivity contribution in [2.45, 2.75) is 71.5 Å². The van der Waals surface area contributed by atoms with Gasteiger partial charge in [-0.25, -0.2) is 0 Å². The molecule has 0 bridgehead atoms. The van der Waals surface area contributed by atoms with Crippen LogP contribution in [0.2, 0.25) is 0 Å². The molecule has 0 aliphatic heterocycles. The Morgan fingerprint density at radius 2 is 1.84 bits per heavy atom. The van der Waals surface area contributed by atoms with Crippen LogP contribution in [0.1, 0.15) is 53.4 Å². The highest BCUT2D eigenvalue weighted by atomic mass is 16.5. The third kappa shape index (κ3) is 5.80.